The number of hydrogen-bond acceptors (Lipinski definition) is 4. The van der Waals surface area contributed by atoms with Crippen molar-refractivity contribution in [3.63, 3.8) is 0 Å². The number of halogens is 7. The number of rotatable bonds is 8. The summed E-state index contributed by atoms with van der Waals surface area (Å²) in [6.45, 7) is 0.857. The van der Waals surface area contributed by atoms with Gasteiger partial charge >= 0.3 is 18.3 Å². The zero-order valence-corrected chi connectivity index (χ0v) is 21.4. The maximum absolute atomic E-state index is 13.7. The molecule has 1 aliphatic heterocycles. The SMILES string of the molecule is O=C(O)C1CCN(C[C@@H]2CC[C@H](O[C@H](CO)c3cc(C(F)(F)F)cc(C(F)(F)F)c3)[C@H]2c2ccc(F)cc2)CC1. The number of aliphatic hydroxyl groups excluding tert-OH is 1. The first-order chi connectivity index (χ1) is 18.8. The van der Waals surface area contributed by atoms with Gasteiger partial charge in [0.25, 0.3) is 0 Å². The van der Waals surface area contributed by atoms with Gasteiger partial charge in [-0.3, -0.25) is 4.79 Å². The Labute approximate surface area is 226 Å². The van der Waals surface area contributed by atoms with Crippen molar-refractivity contribution in [2.45, 2.75) is 56.2 Å². The number of ether oxygens (including phenoxy) is 1. The molecule has 0 radical (unpaired) electrons. The van der Waals surface area contributed by atoms with E-state index < -0.39 is 65.6 Å². The van der Waals surface area contributed by atoms with Crippen LogP contribution in [-0.4, -0.2) is 53.4 Å². The van der Waals surface area contributed by atoms with Crippen LogP contribution in [0.1, 0.15) is 60.0 Å². The van der Waals surface area contributed by atoms with E-state index >= 15 is 0 Å². The minimum Gasteiger partial charge on any atom is -0.481 e. The second-order valence-corrected chi connectivity index (χ2v) is 10.5. The molecule has 5 nitrogen and oxygen atoms in total. The van der Waals surface area contributed by atoms with E-state index in [0.29, 0.717) is 63.0 Å². The molecule has 2 aromatic rings. The van der Waals surface area contributed by atoms with E-state index in [9.17, 15) is 45.7 Å². The van der Waals surface area contributed by atoms with E-state index in [2.05, 4.69) is 4.90 Å². The van der Waals surface area contributed by atoms with Gasteiger partial charge in [0.2, 0.25) is 0 Å². The van der Waals surface area contributed by atoms with Crippen LogP contribution in [0, 0.1) is 17.7 Å². The number of nitrogens with zero attached hydrogens (tertiary/aromatic N) is 1. The van der Waals surface area contributed by atoms with Crippen molar-refractivity contribution in [3.05, 3.63) is 70.5 Å². The van der Waals surface area contributed by atoms with Crippen molar-refractivity contribution in [1.29, 1.82) is 0 Å². The Hall–Kier alpha value is -2.70. The van der Waals surface area contributed by atoms with Crippen LogP contribution >= 0.6 is 0 Å². The molecule has 0 aromatic heterocycles. The molecule has 40 heavy (non-hydrogen) atoms. The molecule has 2 N–H and O–H groups in total. The topological polar surface area (TPSA) is 70.0 Å². The van der Waals surface area contributed by atoms with Crippen LogP contribution in [0.25, 0.3) is 0 Å². The molecule has 2 fully saturated rings. The van der Waals surface area contributed by atoms with Crippen LogP contribution < -0.4 is 0 Å². The predicted octanol–water partition coefficient (Wildman–Crippen LogP) is 6.27. The van der Waals surface area contributed by atoms with Crippen LogP contribution in [0.4, 0.5) is 30.7 Å². The van der Waals surface area contributed by atoms with Crippen LogP contribution in [-0.2, 0) is 21.9 Å². The molecule has 1 saturated carbocycles. The van der Waals surface area contributed by atoms with Crippen molar-refractivity contribution in [1.82, 2.24) is 4.90 Å². The molecule has 1 saturated heterocycles. The summed E-state index contributed by atoms with van der Waals surface area (Å²) in [5, 5.41) is 19.3. The number of hydrogen-bond donors (Lipinski definition) is 2. The van der Waals surface area contributed by atoms with Crippen molar-refractivity contribution >= 4 is 5.97 Å². The predicted molar refractivity (Wildman–Crippen MR) is 130 cm³/mol. The molecule has 0 bridgehead atoms. The molecule has 4 atom stereocenters. The minimum absolute atomic E-state index is 0.0262. The molecule has 0 spiro atoms. The highest BCUT2D eigenvalue weighted by Gasteiger charge is 2.42. The maximum Gasteiger partial charge on any atom is 0.416 e. The molecule has 2 aliphatic rings. The summed E-state index contributed by atoms with van der Waals surface area (Å²) in [7, 11) is 0. The molecule has 2 aromatic carbocycles. The molecule has 1 aliphatic carbocycles. The number of carboxylic acids is 1. The van der Waals surface area contributed by atoms with E-state index in [1.807, 2.05) is 0 Å². The summed E-state index contributed by atoms with van der Waals surface area (Å²) >= 11 is 0. The fraction of sp³-hybridized carbons (Fsp3) is 0.536. The summed E-state index contributed by atoms with van der Waals surface area (Å²) in [6, 6.07) is 6.83. The third kappa shape index (κ3) is 7.13. The number of alkyl halides is 6. The normalized spacial score (nSPS) is 23.9. The molecule has 1 heterocycles. The van der Waals surface area contributed by atoms with E-state index in [1.165, 1.54) is 12.1 Å². The van der Waals surface area contributed by atoms with E-state index in [0.717, 1.165) is 0 Å². The van der Waals surface area contributed by atoms with Crippen LogP contribution in [0.5, 0.6) is 0 Å². The Morgan fingerprint density at radius 1 is 0.925 bits per heavy atom. The van der Waals surface area contributed by atoms with Gasteiger partial charge in [0, 0.05) is 12.5 Å². The van der Waals surface area contributed by atoms with Crippen molar-refractivity contribution in [3.8, 4) is 0 Å². The van der Waals surface area contributed by atoms with E-state index in [-0.39, 0.29) is 17.9 Å². The Morgan fingerprint density at radius 3 is 2.00 bits per heavy atom. The van der Waals surface area contributed by atoms with Gasteiger partial charge in [0.05, 0.1) is 29.8 Å². The van der Waals surface area contributed by atoms with Gasteiger partial charge in [0.1, 0.15) is 11.9 Å². The van der Waals surface area contributed by atoms with Gasteiger partial charge in [-0.2, -0.15) is 26.3 Å². The average Bonchev–Trinajstić information content (AvgIpc) is 3.28. The number of aliphatic hydroxyl groups is 1. The summed E-state index contributed by atoms with van der Waals surface area (Å²) in [6.07, 6.45) is -10.2. The van der Waals surface area contributed by atoms with Crippen LogP contribution in [0.2, 0.25) is 0 Å². The Bertz CT molecular complexity index is 1130. The van der Waals surface area contributed by atoms with Gasteiger partial charge in [-0.1, -0.05) is 12.1 Å². The minimum atomic E-state index is -5.04. The summed E-state index contributed by atoms with van der Waals surface area (Å²) in [5.74, 6) is -2.15. The zero-order chi connectivity index (χ0) is 29.2. The lowest BCUT2D eigenvalue weighted by Crippen LogP contribution is -2.40. The van der Waals surface area contributed by atoms with Crippen molar-refractivity contribution in [2.75, 3.05) is 26.2 Å². The van der Waals surface area contributed by atoms with Crippen molar-refractivity contribution < 1.29 is 50.5 Å². The lowest BCUT2D eigenvalue weighted by atomic mass is 9.86. The number of likely N-dealkylation sites (tertiary alicyclic amines) is 1. The Balaban J connectivity index is 1.59. The maximum atomic E-state index is 13.7. The second kappa shape index (κ2) is 12.0. The number of piperidine rings is 1. The number of benzene rings is 2. The quantitative estimate of drug-likeness (QED) is 0.362. The standard InChI is InChI=1S/C28H30F7NO4/c29-22-4-1-16(2-5-22)25-18(14-36-9-7-17(8-10-36)26(38)39)3-6-23(25)40-24(15-37)19-11-20(27(30,31)32)13-21(12-19)28(33,34)35/h1-2,4-5,11-13,17-18,23-25,37H,3,6-10,14-15H2,(H,38,39)/t18-,23-,24+,25-/m0/s1. The highest BCUT2D eigenvalue weighted by molar-refractivity contribution is 5.70. The Morgan fingerprint density at radius 2 is 1.50 bits per heavy atom. The lowest BCUT2D eigenvalue weighted by Gasteiger charge is -2.35. The molecule has 0 unspecified atom stereocenters. The first-order valence-corrected chi connectivity index (χ1v) is 13.0. The summed E-state index contributed by atoms with van der Waals surface area (Å²) in [5.41, 5.74) is -2.74. The van der Waals surface area contributed by atoms with E-state index in [4.69, 9.17) is 4.74 Å². The van der Waals surface area contributed by atoms with Gasteiger partial charge in [0.15, 0.2) is 0 Å². The van der Waals surface area contributed by atoms with Gasteiger partial charge < -0.3 is 19.8 Å². The fourth-order valence-electron chi connectivity index (χ4n) is 5.87. The third-order valence-corrected chi connectivity index (χ3v) is 7.90. The molecular formula is C28H30F7NO4. The lowest BCUT2D eigenvalue weighted by molar-refractivity contribution is -0.144. The summed E-state index contributed by atoms with van der Waals surface area (Å²) in [4.78, 5) is 13.4. The monoisotopic (exact) mass is 577 g/mol. The first kappa shape index (κ1) is 30.3. The van der Waals surface area contributed by atoms with Crippen LogP contribution in [0.3, 0.4) is 0 Å². The van der Waals surface area contributed by atoms with Crippen LogP contribution in [0.15, 0.2) is 42.5 Å². The highest BCUT2D eigenvalue weighted by atomic mass is 19.4. The summed E-state index contributed by atoms with van der Waals surface area (Å²) < 4.78 is 100. The Kier molecular flexibility index (Phi) is 9.11. The number of carbonyl (C=O) groups is 1. The van der Waals surface area contributed by atoms with E-state index in [1.54, 1.807) is 12.1 Å². The molecule has 4 rings (SSSR count). The molecular weight excluding hydrogens is 547 g/mol. The fourth-order valence-corrected chi connectivity index (χ4v) is 5.87. The second-order valence-electron chi connectivity index (χ2n) is 10.5. The number of aliphatic carboxylic acids is 1. The third-order valence-electron chi connectivity index (χ3n) is 7.90. The zero-order valence-electron chi connectivity index (χ0n) is 21.4. The smallest absolute Gasteiger partial charge is 0.416 e. The van der Waals surface area contributed by atoms with Crippen molar-refractivity contribution in [2.24, 2.45) is 11.8 Å². The largest absolute Gasteiger partial charge is 0.481 e. The number of carboxylic acid groups (broad SMARTS) is 1. The molecule has 12 heteroatoms. The molecule has 220 valence electrons. The average molecular weight is 578 g/mol. The van der Waals surface area contributed by atoms with Gasteiger partial charge in [-0.15, -0.1) is 0 Å². The molecule has 0 amide bonds. The van der Waals surface area contributed by atoms with Gasteiger partial charge in [-0.05, 0) is 86.1 Å². The first-order valence-electron chi connectivity index (χ1n) is 13.0. The van der Waals surface area contributed by atoms with Gasteiger partial charge in [-0.25, -0.2) is 4.39 Å². The highest BCUT2D eigenvalue weighted by Crippen LogP contribution is 2.45.